The van der Waals surface area contributed by atoms with Crippen LogP contribution in [0.3, 0.4) is 0 Å². The second kappa shape index (κ2) is 14.2. The average Bonchev–Trinajstić information content (AvgIpc) is 3.18. The Morgan fingerprint density at radius 1 is 0.784 bits per heavy atom. The van der Waals surface area contributed by atoms with E-state index in [1.165, 1.54) is 0 Å². The Bertz CT molecular complexity index is 685. The highest BCUT2D eigenvalue weighted by atomic mass is 16.7. The molecule has 1 saturated carbocycles. The summed E-state index contributed by atoms with van der Waals surface area (Å²) in [4.78, 5) is 0. The highest BCUT2D eigenvalue weighted by Crippen LogP contribution is 2.35. The molecule has 0 aromatic rings. The predicted octanol–water partition coefficient (Wildman–Crippen LogP) is -6.07. The number of aliphatic hydroxyl groups is 5. The quantitative estimate of drug-likeness (QED) is 0.103. The van der Waals surface area contributed by atoms with Gasteiger partial charge in [-0.15, -0.1) is 0 Å². The monoisotopic (exact) mass is 538 g/mol. The molecule has 16 N–H and O–H groups in total. The summed E-state index contributed by atoms with van der Waals surface area (Å²) in [6.07, 6.45) is -9.73. The number of hydrogen-bond acceptors (Lipinski definition) is 15. The van der Waals surface area contributed by atoms with Crippen molar-refractivity contribution in [2.45, 2.75) is 98.8 Å². The fraction of sp³-hybridized carbons (Fsp3) is 1.00. The zero-order valence-corrected chi connectivity index (χ0v) is 21.0. The number of rotatable bonds is 12. The molecule has 1 aliphatic carbocycles. The Balaban J connectivity index is 1.71. The molecule has 14 atom stereocenters. The summed E-state index contributed by atoms with van der Waals surface area (Å²) in [5, 5.41) is 55.4. The number of nitrogens with one attached hydrogen (secondary N) is 1. The summed E-state index contributed by atoms with van der Waals surface area (Å²) >= 11 is 0. The van der Waals surface area contributed by atoms with Gasteiger partial charge in [-0.05, 0) is 38.9 Å². The molecule has 2 heterocycles. The van der Waals surface area contributed by atoms with Crippen LogP contribution in [0.1, 0.15) is 19.3 Å². The van der Waals surface area contributed by atoms with Gasteiger partial charge >= 0.3 is 0 Å². The standard InChI is InChI=1S/C22H46N6O9/c23-3-1-4-28-5-2-9-13(8-29)35-22(15(9)30)37-20-16(31)10(25)6-11(26)19(20)36-21-14(27)18(33)17(32)12(7-24)34-21/h9-22,28-33H,1-8,23-27H2. The highest BCUT2D eigenvalue weighted by Gasteiger charge is 2.52. The van der Waals surface area contributed by atoms with E-state index >= 15 is 0 Å². The molecule has 2 saturated heterocycles. The van der Waals surface area contributed by atoms with Crippen LogP contribution in [0, 0.1) is 5.92 Å². The van der Waals surface area contributed by atoms with Crippen LogP contribution in [0.15, 0.2) is 0 Å². The maximum atomic E-state index is 11.0. The maximum Gasteiger partial charge on any atom is 0.184 e. The van der Waals surface area contributed by atoms with Crippen LogP contribution in [0.2, 0.25) is 0 Å². The van der Waals surface area contributed by atoms with E-state index in [2.05, 4.69) is 5.32 Å². The van der Waals surface area contributed by atoms with Crippen molar-refractivity contribution in [1.29, 1.82) is 0 Å². The molecule has 0 spiro atoms. The molecule has 0 amide bonds. The lowest BCUT2D eigenvalue weighted by molar-refractivity contribution is -0.306. The van der Waals surface area contributed by atoms with Gasteiger partial charge in [-0.3, -0.25) is 0 Å². The summed E-state index contributed by atoms with van der Waals surface area (Å²) < 4.78 is 23.5. The third kappa shape index (κ3) is 7.13. The zero-order valence-electron chi connectivity index (χ0n) is 21.0. The van der Waals surface area contributed by atoms with Crippen molar-refractivity contribution in [2.24, 2.45) is 34.6 Å². The number of nitrogens with two attached hydrogens (primary N) is 5. The topological polar surface area (TPSA) is 280 Å². The van der Waals surface area contributed by atoms with Crippen molar-refractivity contribution >= 4 is 0 Å². The SMILES string of the molecule is NCCCNCCC1C(CO)OC(OC2C(O)C(N)CC(N)C2OC2OC(CN)C(O)C(O)C2N)C1O. The molecular weight excluding hydrogens is 492 g/mol. The third-order valence-electron chi connectivity index (χ3n) is 7.52. The van der Waals surface area contributed by atoms with E-state index in [-0.39, 0.29) is 19.6 Å². The van der Waals surface area contributed by atoms with Gasteiger partial charge in [0.25, 0.3) is 0 Å². The molecule has 15 nitrogen and oxygen atoms in total. The minimum atomic E-state index is -1.37. The van der Waals surface area contributed by atoms with Crippen LogP contribution in [0.4, 0.5) is 0 Å². The summed E-state index contributed by atoms with van der Waals surface area (Å²) in [6.45, 7) is 1.45. The summed E-state index contributed by atoms with van der Waals surface area (Å²) in [5.41, 5.74) is 29.6. The van der Waals surface area contributed by atoms with Crippen LogP contribution in [-0.2, 0) is 18.9 Å². The second-order valence-electron chi connectivity index (χ2n) is 10.2. The molecular formula is C22H46N6O9. The lowest BCUT2D eigenvalue weighted by atomic mass is 9.84. The van der Waals surface area contributed by atoms with Crippen molar-refractivity contribution in [3.05, 3.63) is 0 Å². The van der Waals surface area contributed by atoms with Crippen LogP contribution < -0.4 is 34.0 Å². The van der Waals surface area contributed by atoms with Gasteiger partial charge in [-0.1, -0.05) is 0 Å². The molecule has 14 unspecified atom stereocenters. The Kier molecular flexibility index (Phi) is 11.8. The molecule has 0 radical (unpaired) electrons. The van der Waals surface area contributed by atoms with Crippen molar-refractivity contribution < 1.29 is 44.5 Å². The number of ether oxygens (including phenoxy) is 4. The van der Waals surface area contributed by atoms with Crippen molar-refractivity contribution in [3.63, 3.8) is 0 Å². The fourth-order valence-electron chi connectivity index (χ4n) is 5.23. The zero-order chi connectivity index (χ0) is 27.3. The Labute approximate surface area is 216 Å². The second-order valence-corrected chi connectivity index (χ2v) is 10.2. The molecule has 0 bridgehead atoms. The van der Waals surface area contributed by atoms with Crippen LogP contribution >= 0.6 is 0 Å². The first-order valence-corrected chi connectivity index (χ1v) is 13.0. The van der Waals surface area contributed by atoms with E-state index in [0.29, 0.717) is 19.5 Å². The largest absolute Gasteiger partial charge is 0.394 e. The van der Waals surface area contributed by atoms with Gasteiger partial charge < -0.3 is 78.5 Å². The first kappa shape index (κ1) is 30.9. The van der Waals surface area contributed by atoms with Crippen molar-refractivity contribution in [2.75, 3.05) is 32.8 Å². The Morgan fingerprint density at radius 2 is 1.46 bits per heavy atom. The maximum absolute atomic E-state index is 11.0. The molecule has 3 aliphatic rings. The summed E-state index contributed by atoms with van der Waals surface area (Å²) in [7, 11) is 0. The molecule has 3 fully saturated rings. The van der Waals surface area contributed by atoms with E-state index in [1.54, 1.807) is 0 Å². The van der Waals surface area contributed by atoms with Crippen molar-refractivity contribution in [1.82, 2.24) is 5.32 Å². The first-order valence-electron chi connectivity index (χ1n) is 13.0. The highest BCUT2D eigenvalue weighted by molar-refractivity contribution is 5.01. The van der Waals surface area contributed by atoms with E-state index in [1.807, 2.05) is 0 Å². The molecule has 37 heavy (non-hydrogen) atoms. The lowest BCUT2D eigenvalue weighted by Crippen LogP contribution is -2.68. The molecule has 218 valence electrons. The predicted molar refractivity (Wildman–Crippen MR) is 130 cm³/mol. The molecule has 0 aromatic heterocycles. The van der Waals surface area contributed by atoms with Gasteiger partial charge in [-0.2, -0.15) is 0 Å². The van der Waals surface area contributed by atoms with Crippen molar-refractivity contribution in [3.8, 4) is 0 Å². The third-order valence-corrected chi connectivity index (χ3v) is 7.52. The Hall–Kier alpha value is -0.600. The number of hydrogen-bond donors (Lipinski definition) is 11. The number of aliphatic hydroxyl groups excluding tert-OH is 5. The van der Waals surface area contributed by atoms with Gasteiger partial charge in [0.1, 0.15) is 36.6 Å². The fourth-order valence-corrected chi connectivity index (χ4v) is 5.23. The average molecular weight is 539 g/mol. The summed E-state index contributed by atoms with van der Waals surface area (Å²) in [5.74, 6) is -0.431. The Morgan fingerprint density at radius 3 is 2.11 bits per heavy atom. The smallest absolute Gasteiger partial charge is 0.184 e. The molecule has 2 aliphatic heterocycles. The van der Waals surface area contributed by atoms with Gasteiger partial charge in [0.2, 0.25) is 0 Å². The van der Waals surface area contributed by atoms with Gasteiger partial charge in [0, 0.05) is 24.5 Å². The molecule has 0 aromatic carbocycles. The molecule has 15 heteroatoms. The van der Waals surface area contributed by atoms with E-state index in [9.17, 15) is 25.5 Å². The summed E-state index contributed by atoms with van der Waals surface area (Å²) in [6, 6.07) is -2.62. The lowest BCUT2D eigenvalue weighted by Gasteiger charge is -2.47. The first-order chi connectivity index (χ1) is 17.6. The van der Waals surface area contributed by atoms with E-state index in [4.69, 9.17) is 47.6 Å². The van der Waals surface area contributed by atoms with Gasteiger partial charge in [0.05, 0.1) is 24.9 Å². The molecule has 3 rings (SSSR count). The van der Waals surface area contributed by atoms with Crippen LogP contribution in [-0.4, -0.2) is 138 Å². The van der Waals surface area contributed by atoms with Gasteiger partial charge in [0.15, 0.2) is 12.6 Å². The van der Waals surface area contributed by atoms with Crippen LogP contribution in [0.5, 0.6) is 0 Å². The van der Waals surface area contributed by atoms with E-state index in [0.717, 1.165) is 13.0 Å². The minimum Gasteiger partial charge on any atom is -0.394 e. The normalized spacial score (nSPS) is 46.9. The van der Waals surface area contributed by atoms with E-state index < -0.39 is 85.5 Å². The van der Waals surface area contributed by atoms with Crippen LogP contribution in [0.25, 0.3) is 0 Å². The van der Waals surface area contributed by atoms with Gasteiger partial charge in [-0.25, -0.2) is 0 Å². The minimum absolute atomic E-state index is 0.0952.